The third kappa shape index (κ3) is 3.95. The Bertz CT molecular complexity index is 175. The average Bonchev–Trinajstić information content (AvgIpc) is 1.84. The maximum atomic E-state index is 10.1. The molecule has 0 aromatic rings. The Morgan fingerprint density at radius 2 is 1.67 bits per heavy atom. The molecule has 0 rings (SSSR count). The van der Waals surface area contributed by atoms with Gasteiger partial charge in [0.05, 0.1) is 0 Å². The van der Waals surface area contributed by atoms with Gasteiger partial charge in [-0.3, -0.25) is 0 Å². The second-order valence-electron chi connectivity index (χ2n) is 3.26. The van der Waals surface area contributed by atoms with E-state index in [1.165, 1.54) is 0 Å². The Balaban J connectivity index is 4.29. The van der Waals surface area contributed by atoms with Crippen LogP contribution in [0.4, 0.5) is 4.79 Å². The van der Waals surface area contributed by atoms with Crippen LogP contribution in [0.2, 0.25) is 0 Å². The van der Waals surface area contributed by atoms with Gasteiger partial charge in [-0.25, -0.2) is 10.2 Å². The molecule has 0 aliphatic heterocycles. The number of nitrogens with zero attached hydrogens (tertiary/aromatic N) is 1. The molecule has 4 heteroatoms. The van der Waals surface area contributed by atoms with Gasteiger partial charge in [0.1, 0.15) is 0 Å². The highest BCUT2D eigenvalue weighted by Gasteiger charge is 2.09. The predicted octanol–water partition coefficient (Wildman–Crippen LogP) is 1.92. The number of amides is 1. The molecule has 0 radical (unpaired) electrons. The summed E-state index contributed by atoms with van der Waals surface area (Å²) in [5.74, 6) is 0.550. The Morgan fingerprint density at radius 1 is 1.25 bits per heavy atom. The Labute approximate surface area is 72.7 Å². The van der Waals surface area contributed by atoms with Crippen LogP contribution in [-0.2, 0) is 0 Å². The van der Waals surface area contributed by atoms with Crippen molar-refractivity contribution in [3.63, 3.8) is 0 Å². The van der Waals surface area contributed by atoms with Crippen molar-refractivity contribution < 1.29 is 9.90 Å². The second kappa shape index (κ2) is 4.74. The maximum absolute atomic E-state index is 10.1. The highest BCUT2D eigenvalue weighted by Crippen LogP contribution is 2.06. The minimum Gasteiger partial charge on any atom is -0.464 e. The normalized spacial score (nSPS) is 10.2. The minimum atomic E-state index is -1.12. The van der Waals surface area contributed by atoms with Crippen LogP contribution in [0.15, 0.2) is 5.10 Å². The Morgan fingerprint density at radius 3 is 1.92 bits per heavy atom. The van der Waals surface area contributed by atoms with E-state index in [9.17, 15) is 4.79 Å². The molecule has 0 aromatic heterocycles. The highest BCUT2D eigenvalue weighted by molar-refractivity contribution is 5.88. The summed E-state index contributed by atoms with van der Waals surface area (Å²) in [6.07, 6.45) is -1.12. The zero-order valence-electron chi connectivity index (χ0n) is 7.96. The molecule has 0 aromatic carbocycles. The first-order chi connectivity index (χ1) is 5.45. The van der Waals surface area contributed by atoms with Crippen LogP contribution in [0.1, 0.15) is 27.7 Å². The fourth-order valence-electron chi connectivity index (χ4n) is 1.04. The zero-order chi connectivity index (χ0) is 9.72. The van der Waals surface area contributed by atoms with Crippen LogP contribution in [0.5, 0.6) is 0 Å². The molecular weight excluding hydrogens is 156 g/mol. The predicted molar refractivity (Wildman–Crippen MR) is 48.3 cm³/mol. The van der Waals surface area contributed by atoms with Crippen molar-refractivity contribution in [1.82, 2.24) is 5.43 Å². The molecular formula is C8H16N2O2. The van der Waals surface area contributed by atoms with Crippen LogP contribution < -0.4 is 5.43 Å². The first kappa shape index (κ1) is 10.9. The first-order valence-electron chi connectivity index (χ1n) is 4.01. The van der Waals surface area contributed by atoms with Gasteiger partial charge in [-0.2, -0.15) is 5.10 Å². The van der Waals surface area contributed by atoms with E-state index in [4.69, 9.17) is 5.11 Å². The van der Waals surface area contributed by atoms with Gasteiger partial charge in [-0.05, 0) is 11.8 Å². The first-order valence-corrected chi connectivity index (χ1v) is 4.01. The molecule has 0 atom stereocenters. The van der Waals surface area contributed by atoms with Gasteiger partial charge >= 0.3 is 6.09 Å². The quantitative estimate of drug-likeness (QED) is 0.504. The summed E-state index contributed by atoms with van der Waals surface area (Å²) >= 11 is 0. The fraction of sp³-hybridized carbons (Fsp3) is 0.750. The molecule has 12 heavy (non-hydrogen) atoms. The van der Waals surface area contributed by atoms with Crippen LogP contribution in [0, 0.1) is 11.8 Å². The molecule has 0 aliphatic carbocycles. The van der Waals surface area contributed by atoms with E-state index >= 15 is 0 Å². The zero-order valence-corrected chi connectivity index (χ0v) is 7.96. The van der Waals surface area contributed by atoms with Crippen LogP contribution in [0.25, 0.3) is 0 Å². The third-order valence-electron chi connectivity index (χ3n) is 1.46. The van der Waals surface area contributed by atoms with Crippen LogP contribution >= 0.6 is 0 Å². The number of hydrogen-bond acceptors (Lipinski definition) is 2. The minimum absolute atomic E-state index is 0.275. The molecule has 0 spiro atoms. The number of carbonyl (C=O) groups is 1. The van der Waals surface area contributed by atoms with E-state index in [-0.39, 0.29) is 11.8 Å². The van der Waals surface area contributed by atoms with Gasteiger partial charge in [0.25, 0.3) is 0 Å². The van der Waals surface area contributed by atoms with E-state index in [1.54, 1.807) is 0 Å². The molecule has 0 saturated heterocycles. The van der Waals surface area contributed by atoms with Gasteiger partial charge < -0.3 is 5.11 Å². The number of hydrogen-bond donors (Lipinski definition) is 2. The Kier molecular flexibility index (Phi) is 4.33. The van der Waals surface area contributed by atoms with Gasteiger partial charge in [0.2, 0.25) is 0 Å². The largest absolute Gasteiger partial charge is 0.464 e. The molecule has 2 N–H and O–H groups in total. The van der Waals surface area contributed by atoms with Crippen molar-refractivity contribution in [3.05, 3.63) is 0 Å². The second-order valence-corrected chi connectivity index (χ2v) is 3.26. The molecule has 0 saturated carbocycles. The number of hydrazone groups is 1. The van der Waals surface area contributed by atoms with Crippen molar-refractivity contribution in [3.8, 4) is 0 Å². The summed E-state index contributed by atoms with van der Waals surface area (Å²) in [6, 6.07) is 0. The lowest BCUT2D eigenvalue weighted by atomic mass is 9.98. The summed E-state index contributed by atoms with van der Waals surface area (Å²) in [4.78, 5) is 10.1. The van der Waals surface area contributed by atoms with E-state index in [2.05, 4.69) is 5.10 Å². The lowest BCUT2D eigenvalue weighted by Gasteiger charge is -2.12. The molecule has 0 heterocycles. The fourth-order valence-corrected chi connectivity index (χ4v) is 1.04. The number of nitrogens with one attached hydrogen (secondary N) is 1. The third-order valence-corrected chi connectivity index (χ3v) is 1.46. The van der Waals surface area contributed by atoms with E-state index in [0.29, 0.717) is 0 Å². The smallest absolute Gasteiger partial charge is 0.425 e. The van der Waals surface area contributed by atoms with Gasteiger partial charge in [0.15, 0.2) is 0 Å². The van der Waals surface area contributed by atoms with Crippen LogP contribution in [-0.4, -0.2) is 16.9 Å². The number of carboxylic acid groups (broad SMARTS) is 1. The Hall–Kier alpha value is -1.06. The summed E-state index contributed by atoms with van der Waals surface area (Å²) < 4.78 is 0. The lowest BCUT2D eigenvalue weighted by Crippen LogP contribution is -2.22. The molecule has 0 aliphatic rings. The summed E-state index contributed by atoms with van der Waals surface area (Å²) in [5.41, 5.74) is 2.89. The molecule has 0 fully saturated rings. The molecule has 1 amide bonds. The molecule has 4 nitrogen and oxygen atoms in total. The standard InChI is InChI=1S/C8H16N2O2/c1-5(2)7(6(3)4)9-10-8(11)12/h5-6,10H,1-4H3,(H,11,12). The van der Waals surface area contributed by atoms with E-state index in [0.717, 1.165) is 5.71 Å². The van der Waals surface area contributed by atoms with Crippen molar-refractivity contribution in [2.75, 3.05) is 0 Å². The number of rotatable bonds is 3. The van der Waals surface area contributed by atoms with Crippen molar-refractivity contribution in [1.29, 1.82) is 0 Å². The average molecular weight is 172 g/mol. The van der Waals surface area contributed by atoms with E-state index < -0.39 is 6.09 Å². The maximum Gasteiger partial charge on any atom is 0.425 e. The van der Waals surface area contributed by atoms with Crippen molar-refractivity contribution in [2.45, 2.75) is 27.7 Å². The van der Waals surface area contributed by atoms with Crippen molar-refractivity contribution >= 4 is 11.8 Å². The monoisotopic (exact) mass is 172 g/mol. The summed E-state index contributed by atoms with van der Waals surface area (Å²) in [6.45, 7) is 7.95. The van der Waals surface area contributed by atoms with E-state index in [1.807, 2.05) is 33.1 Å². The summed E-state index contributed by atoms with van der Waals surface area (Å²) in [5, 5.41) is 12.1. The summed E-state index contributed by atoms with van der Waals surface area (Å²) in [7, 11) is 0. The van der Waals surface area contributed by atoms with Crippen molar-refractivity contribution in [2.24, 2.45) is 16.9 Å². The molecule has 70 valence electrons. The molecule has 0 bridgehead atoms. The van der Waals surface area contributed by atoms with Crippen LogP contribution in [0.3, 0.4) is 0 Å². The SMILES string of the molecule is CC(C)C(=NNC(=O)O)C(C)C. The highest BCUT2D eigenvalue weighted by atomic mass is 16.4. The van der Waals surface area contributed by atoms with Gasteiger partial charge in [0, 0.05) is 5.71 Å². The van der Waals surface area contributed by atoms with Gasteiger partial charge in [-0.1, -0.05) is 27.7 Å². The van der Waals surface area contributed by atoms with Gasteiger partial charge in [-0.15, -0.1) is 0 Å². The topological polar surface area (TPSA) is 61.7 Å². The lowest BCUT2D eigenvalue weighted by molar-refractivity contribution is 0.195. The molecule has 0 unspecified atom stereocenters.